The van der Waals surface area contributed by atoms with E-state index >= 15 is 0 Å². The summed E-state index contributed by atoms with van der Waals surface area (Å²) in [6.07, 6.45) is 5.16. The van der Waals surface area contributed by atoms with Gasteiger partial charge in [0.05, 0.1) is 33.1 Å². The van der Waals surface area contributed by atoms with Crippen molar-refractivity contribution >= 4 is 26.4 Å². The Morgan fingerprint density at radius 1 is 1.23 bits per heavy atom. The Bertz CT molecular complexity index is 832. The van der Waals surface area contributed by atoms with E-state index in [-0.39, 0.29) is 12.1 Å². The van der Waals surface area contributed by atoms with E-state index in [9.17, 15) is 8.42 Å². The average Bonchev–Trinajstić information content (AvgIpc) is 3.03. The molecule has 0 amide bonds. The Morgan fingerprint density at radius 2 is 2.00 bits per heavy atom. The number of rotatable bonds is 6. The van der Waals surface area contributed by atoms with Gasteiger partial charge in [-0.3, -0.25) is 4.98 Å². The minimum atomic E-state index is -3.32. The van der Waals surface area contributed by atoms with Crippen LogP contribution < -0.4 is 15.2 Å². The minimum absolute atomic E-state index is 0.178. The average molecular weight is 396 g/mol. The topological polar surface area (TPSA) is 94.3 Å². The van der Waals surface area contributed by atoms with Crippen molar-refractivity contribution in [3.63, 3.8) is 0 Å². The Balaban J connectivity index is 1.69. The number of thiophene rings is 1. The molecule has 2 atom stereocenters. The van der Waals surface area contributed by atoms with E-state index in [1.807, 2.05) is 24.3 Å². The van der Waals surface area contributed by atoms with Gasteiger partial charge in [-0.25, -0.2) is 13.1 Å². The van der Waals surface area contributed by atoms with Crippen molar-refractivity contribution in [2.24, 2.45) is 0 Å². The van der Waals surface area contributed by atoms with Crippen LogP contribution in [-0.4, -0.2) is 30.8 Å². The predicted molar refractivity (Wildman–Crippen MR) is 106 cm³/mol. The van der Waals surface area contributed by atoms with Gasteiger partial charge in [0.15, 0.2) is 0 Å². The van der Waals surface area contributed by atoms with E-state index in [1.165, 1.54) is 11.3 Å². The van der Waals surface area contributed by atoms with E-state index in [0.29, 0.717) is 5.75 Å². The molecule has 2 aromatic heterocycles. The second kappa shape index (κ2) is 7.94. The maximum absolute atomic E-state index is 12.2. The molecule has 1 aliphatic carbocycles. The SMILES string of the molecule is CC(C)S(=O)(=O)N[C@H]1CCCC[C@H]1Oc1ccc(-c2ccc(N)s2)nc1. The summed E-state index contributed by atoms with van der Waals surface area (Å²) in [5.74, 6) is 0.652. The van der Waals surface area contributed by atoms with Crippen molar-refractivity contribution in [3.05, 3.63) is 30.5 Å². The van der Waals surface area contributed by atoms with Gasteiger partial charge in [0.2, 0.25) is 10.0 Å². The number of nitrogens with two attached hydrogens (primary N) is 1. The minimum Gasteiger partial charge on any atom is -0.487 e. The molecule has 0 aliphatic heterocycles. The highest BCUT2D eigenvalue weighted by atomic mass is 32.2. The van der Waals surface area contributed by atoms with Crippen LogP contribution >= 0.6 is 11.3 Å². The van der Waals surface area contributed by atoms with Crippen LogP contribution in [0.2, 0.25) is 0 Å². The second-order valence-corrected chi connectivity index (χ2v) is 10.2. The molecule has 1 saturated carbocycles. The summed E-state index contributed by atoms with van der Waals surface area (Å²) in [6.45, 7) is 3.36. The maximum Gasteiger partial charge on any atom is 0.214 e. The zero-order valence-electron chi connectivity index (χ0n) is 15.0. The van der Waals surface area contributed by atoms with Crippen LogP contribution in [0.3, 0.4) is 0 Å². The molecule has 142 valence electrons. The van der Waals surface area contributed by atoms with E-state index in [4.69, 9.17) is 10.5 Å². The van der Waals surface area contributed by atoms with Crippen molar-refractivity contribution in [1.82, 2.24) is 9.71 Å². The highest BCUT2D eigenvalue weighted by molar-refractivity contribution is 7.90. The van der Waals surface area contributed by atoms with Crippen molar-refractivity contribution in [2.45, 2.75) is 56.9 Å². The van der Waals surface area contributed by atoms with Crippen LogP contribution in [0.1, 0.15) is 39.5 Å². The smallest absolute Gasteiger partial charge is 0.214 e. The van der Waals surface area contributed by atoms with Crippen LogP contribution in [0.4, 0.5) is 5.00 Å². The molecule has 0 aromatic carbocycles. The standard InChI is InChI=1S/C18H25N3O3S2/c1-12(2)26(22,23)21-14-5-3-4-6-16(14)24-13-7-8-15(20-11-13)17-9-10-18(19)25-17/h7-12,14,16,21H,3-6,19H2,1-2H3/t14-,16+/m0/s1. The van der Waals surface area contributed by atoms with Gasteiger partial charge >= 0.3 is 0 Å². The van der Waals surface area contributed by atoms with Crippen molar-refractivity contribution < 1.29 is 13.2 Å². The fraction of sp³-hybridized carbons (Fsp3) is 0.500. The van der Waals surface area contributed by atoms with Crippen molar-refractivity contribution in [3.8, 4) is 16.3 Å². The molecular formula is C18H25N3O3S2. The van der Waals surface area contributed by atoms with Gasteiger partial charge in [-0.1, -0.05) is 6.42 Å². The Morgan fingerprint density at radius 3 is 2.62 bits per heavy atom. The third-order valence-corrected chi connectivity index (χ3v) is 7.35. The summed E-state index contributed by atoms with van der Waals surface area (Å²) in [7, 11) is -3.32. The summed E-state index contributed by atoms with van der Waals surface area (Å²) in [5, 5.41) is 0.300. The highest BCUT2D eigenvalue weighted by Gasteiger charge is 2.31. The molecule has 0 saturated heterocycles. The molecule has 2 heterocycles. The fourth-order valence-electron chi connectivity index (χ4n) is 2.98. The van der Waals surface area contributed by atoms with Gasteiger partial charge in [-0.2, -0.15) is 0 Å². The van der Waals surface area contributed by atoms with E-state index in [1.54, 1.807) is 20.0 Å². The summed E-state index contributed by atoms with van der Waals surface area (Å²) in [4.78, 5) is 5.46. The summed E-state index contributed by atoms with van der Waals surface area (Å²) >= 11 is 1.49. The Hall–Kier alpha value is -1.64. The molecule has 1 aliphatic rings. The lowest BCUT2D eigenvalue weighted by molar-refractivity contribution is 0.124. The number of hydrogen-bond acceptors (Lipinski definition) is 6. The molecule has 3 N–H and O–H groups in total. The first kappa shape index (κ1) is 19.1. The van der Waals surface area contributed by atoms with Gasteiger partial charge in [-0.15, -0.1) is 11.3 Å². The monoisotopic (exact) mass is 395 g/mol. The lowest BCUT2D eigenvalue weighted by atomic mass is 9.93. The fourth-order valence-corrected chi connectivity index (χ4v) is 4.70. The number of hydrogen-bond donors (Lipinski definition) is 2. The first-order chi connectivity index (χ1) is 12.3. The molecule has 0 bridgehead atoms. The molecule has 3 rings (SSSR count). The zero-order valence-corrected chi connectivity index (χ0v) is 16.6. The van der Waals surface area contributed by atoms with Crippen LogP contribution in [-0.2, 0) is 10.0 Å². The Labute approximate surface area is 158 Å². The Kier molecular flexibility index (Phi) is 5.84. The predicted octanol–water partition coefficient (Wildman–Crippen LogP) is 3.41. The number of anilines is 1. The molecule has 2 aromatic rings. The quantitative estimate of drug-likeness (QED) is 0.782. The van der Waals surface area contributed by atoms with Gasteiger partial charge in [0, 0.05) is 0 Å². The van der Waals surface area contributed by atoms with E-state index in [2.05, 4.69) is 9.71 Å². The third kappa shape index (κ3) is 4.55. The lowest BCUT2D eigenvalue weighted by Crippen LogP contribution is -2.49. The number of aromatic nitrogens is 1. The maximum atomic E-state index is 12.2. The summed E-state index contributed by atoms with van der Waals surface area (Å²) in [5.41, 5.74) is 6.61. The number of nitrogens with one attached hydrogen (secondary N) is 1. The normalized spacial score (nSPS) is 21.0. The van der Waals surface area contributed by atoms with Gasteiger partial charge in [0.25, 0.3) is 0 Å². The first-order valence-electron chi connectivity index (χ1n) is 8.84. The molecule has 0 radical (unpaired) electrons. The second-order valence-electron chi connectivity index (χ2n) is 6.84. The van der Waals surface area contributed by atoms with Gasteiger partial charge < -0.3 is 10.5 Å². The molecular weight excluding hydrogens is 370 g/mol. The number of nitrogens with zero attached hydrogens (tertiary/aromatic N) is 1. The highest BCUT2D eigenvalue weighted by Crippen LogP contribution is 2.30. The summed E-state index contributed by atoms with van der Waals surface area (Å²) < 4.78 is 33.3. The number of sulfonamides is 1. The lowest BCUT2D eigenvalue weighted by Gasteiger charge is -2.32. The van der Waals surface area contributed by atoms with Crippen molar-refractivity contribution in [1.29, 1.82) is 0 Å². The van der Waals surface area contributed by atoms with Crippen LogP contribution in [0.15, 0.2) is 30.5 Å². The largest absolute Gasteiger partial charge is 0.487 e. The van der Waals surface area contributed by atoms with Crippen molar-refractivity contribution in [2.75, 3.05) is 5.73 Å². The third-order valence-electron chi connectivity index (χ3n) is 4.54. The molecule has 6 nitrogen and oxygen atoms in total. The van der Waals surface area contributed by atoms with Crippen LogP contribution in [0.25, 0.3) is 10.6 Å². The zero-order chi connectivity index (χ0) is 18.7. The van der Waals surface area contributed by atoms with E-state index in [0.717, 1.165) is 41.3 Å². The molecule has 8 heteroatoms. The first-order valence-corrected chi connectivity index (χ1v) is 11.2. The number of ether oxygens (including phenoxy) is 1. The van der Waals surface area contributed by atoms with Gasteiger partial charge in [-0.05, 0) is 57.4 Å². The molecule has 1 fully saturated rings. The number of pyridine rings is 1. The summed E-state index contributed by atoms with van der Waals surface area (Å²) in [6, 6.07) is 7.38. The molecule has 0 unspecified atom stereocenters. The van der Waals surface area contributed by atoms with Gasteiger partial charge in [0.1, 0.15) is 11.9 Å². The molecule has 0 spiro atoms. The molecule has 26 heavy (non-hydrogen) atoms. The van der Waals surface area contributed by atoms with Crippen LogP contribution in [0.5, 0.6) is 5.75 Å². The number of nitrogen functional groups attached to an aromatic ring is 1. The van der Waals surface area contributed by atoms with E-state index < -0.39 is 15.3 Å². The van der Waals surface area contributed by atoms with Crippen LogP contribution in [0, 0.1) is 0 Å².